The summed E-state index contributed by atoms with van der Waals surface area (Å²) in [5.41, 5.74) is 29.3. The van der Waals surface area contributed by atoms with Crippen molar-refractivity contribution < 1.29 is 0 Å². The average molecular weight is 1780 g/mol. The van der Waals surface area contributed by atoms with Crippen molar-refractivity contribution in [3.05, 3.63) is 552 Å². The maximum absolute atomic E-state index is 2.40. The molecule has 0 saturated carbocycles. The summed E-state index contributed by atoms with van der Waals surface area (Å²) in [4.78, 5) is 13.9. The summed E-state index contributed by atoms with van der Waals surface area (Å²) >= 11 is 0. The van der Waals surface area contributed by atoms with Crippen LogP contribution in [0.15, 0.2) is 552 Å². The molecule has 0 aliphatic rings. The third-order valence-electron chi connectivity index (χ3n) is 27.0. The van der Waals surface area contributed by atoms with E-state index in [-0.39, 0.29) is 0 Å². The molecule has 0 heterocycles. The number of hydrogen-bond acceptors (Lipinski definition) is 6. The lowest BCUT2D eigenvalue weighted by molar-refractivity contribution is 1.21. The Hall–Kier alpha value is -18.1. The van der Waals surface area contributed by atoms with Crippen LogP contribution in [0.2, 0.25) is 0 Å². The Kier molecular flexibility index (Phi) is 24.4. The maximum atomic E-state index is 2.40. The van der Waals surface area contributed by atoms with Gasteiger partial charge in [-0.05, 0) is 244 Å². The van der Waals surface area contributed by atoms with Gasteiger partial charge in [0.2, 0.25) is 0 Å². The number of anilines is 15. The fourth-order valence-corrected chi connectivity index (χ4v) is 19.6. The van der Waals surface area contributed by atoms with Crippen molar-refractivity contribution in [1.29, 1.82) is 0 Å². The Morgan fingerprint density at radius 2 is 0.288 bits per heavy atom. The third-order valence-corrected chi connectivity index (χ3v) is 27.0. The van der Waals surface area contributed by atoms with Crippen molar-refractivity contribution in [2.75, 3.05) is 50.5 Å². The van der Waals surface area contributed by atoms with E-state index >= 15 is 0 Å². The van der Waals surface area contributed by atoms with Gasteiger partial charge in [-0.2, -0.15) is 0 Å². The third kappa shape index (κ3) is 18.0. The highest BCUT2D eigenvalue weighted by Gasteiger charge is 2.24. The smallest absolute Gasteiger partial charge is 0.0540 e. The molecule has 0 amide bonds. The quantitative estimate of drug-likeness (QED) is 0.0752. The van der Waals surface area contributed by atoms with E-state index in [1.165, 1.54) is 148 Å². The zero-order valence-electron chi connectivity index (χ0n) is 77.7. The number of fused-ring (bicyclic) bond motifs is 7. The molecule has 0 unspecified atom stereocenters. The zero-order chi connectivity index (χ0) is 93.3. The molecule has 0 bridgehead atoms. The van der Waals surface area contributed by atoms with E-state index in [0.29, 0.717) is 0 Å². The molecule has 0 atom stereocenters. The number of nitrogens with zero attached hydrogens (tertiary/aromatic N) is 6. The van der Waals surface area contributed by atoms with E-state index in [1.807, 2.05) is 0 Å². The van der Waals surface area contributed by atoms with Gasteiger partial charge in [-0.3, -0.25) is 0 Å². The summed E-state index contributed by atoms with van der Waals surface area (Å²) in [6.45, 7) is 0. The van der Waals surface area contributed by atoms with E-state index < -0.39 is 0 Å². The number of rotatable bonds is 20. The van der Waals surface area contributed by atoms with Crippen LogP contribution in [-0.2, 0) is 0 Å². The first kappa shape index (κ1) is 86.3. The van der Waals surface area contributed by atoms with Crippen LogP contribution in [0.25, 0.3) is 131 Å². The van der Waals surface area contributed by atoms with Gasteiger partial charge in [0.15, 0.2) is 0 Å². The fraction of sp³-hybridized carbons (Fsp3) is 0.0226. The van der Waals surface area contributed by atoms with Gasteiger partial charge < -0.3 is 29.4 Å². The molecule has 662 valence electrons. The van der Waals surface area contributed by atoms with Crippen molar-refractivity contribution in [3.63, 3.8) is 0 Å². The first-order valence-corrected chi connectivity index (χ1v) is 47.6. The second kappa shape index (κ2) is 39.2. The van der Waals surface area contributed by atoms with E-state index in [9.17, 15) is 0 Å². The van der Waals surface area contributed by atoms with Crippen LogP contribution in [0, 0.1) is 0 Å². The van der Waals surface area contributed by atoms with Gasteiger partial charge in [0.05, 0.1) is 34.1 Å². The molecule has 0 fully saturated rings. The molecule has 24 aromatic carbocycles. The zero-order valence-corrected chi connectivity index (χ0v) is 77.7. The van der Waals surface area contributed by atoms with Crippen LogP contribution >= 0.6 is 0 Å². The van der Waals surface area contributed by atoms with E-state index in [2.05, 4.69) is 603 Å². The largest absolute Gasteiger partial charge is 0.345 e. The van der Waals surface area contributed by atoms with E-state index in [1.54, 1.807) is 0 Å². The molecule has 6 heteroatoms. The monoisotopic (exact) mass is 1780 g/mol. The van der Waals surface area contributed by atoms with E-state index in [0.717, 1.165) is 68.2 Å². The Labute approximate surface area is 813 Å². The normalized spacial score (nSPS) is 11.1. The Balaban J connectivity index is 0.000000120. The second-order valence-electron chi connectivity index (χ2n) is 35.3. The molecule has 0 spiro atoms. The molecule has 6 nitrogen and oxygen atoms in total. The summed E-state index contributed by atoms with van der Waals surface area (Å²) in [5, 5.41) is 17.2. The van der Waals surface area contributed by atoms with Gasteiger partial charge in [0, 0.05) is 105 Å². The molecular formula is C133H100N6. The van der Waals surface area contributed by atoms with Gasteiger partial charge >= 0.3 is 0 Å². The van der Waals surface area contributed by atoms with Crippen LogP contribution in [0.3, 0.4) is 0 Å². The summed E-state index contributed by atoms with van der Waals surface area (Å²) in [5.74, 6) is 0. The van der Waals surface area contributed by atoms with Crippen molar-refractivity contribution in [2.24, 2.45) is 0 Å². The molecule has 0 N–H and O–H groups in total. The average Bonchev–Trinajstić information content (AvgIpc) is 0.767. The molecular weight excluding hydrogens is 1680 g/mol. The van der Waals surface area contributed by atoms with Gasteiger partial charge in [-0.1, -0.05) is 406 Å². The number of benzene rings is 24. The molecule has 0 aliphatic carbocycles. The van der Waals surface area contributed by atoms with Crippen molar-refractivity contribution in [1.82, 2.24) is 0 Å². The lowest BCUT2D eigenvalue weighted by atomic mass is 10.0. The van der Waals surface area contributed by atoms with Gasteiger partial charge in [-0.15, -0.1) is 0 Å². The van der Waals surface area contributed by atoms with Crippen LogP contribution in [0.1, 0.15) is 0 Å². The van der Waals surface area contributed by atoms with Gasteiger partial charge in [-0.25, -0.2) is 0 Å². The molecule has 0 radical (unpaired) electrons. The van der Waals surface area contributed by atoms with Crippen molar-refractivity contribution in [2.45, 2.75) is 0 Å². The number of hydrogen-bond donors (Lipinski definition) is 0. The SMILES string of the molecule is CN(c1ccc(-c2ccc(N(c3cccc4ccccc34)c3cccc4ccccc34)cc2)cc1)c1ccc2ccccc2c1.CN(c1ccc(-c2ccc(N(c3cccc4ccccc34)c3cccc4ccccc34)cc2)cc1)c1cccc(-c2ccccc2)c1.CN(c1ccc(-c2ccccc2)cc1)c1ccc(-c2ccc(N(c3cccc4ccccc34)c3cccc4ccccc34)cc2)cc1. The van der Waals surface area contributed by atoms with E-state index in [4.69, 9.17) is 0 Å². The first-order chi connectivity index (χ1) is 68.7. The molecule has 0 aromatic heterocycles. The summed E-state index contributed by atoms with van der Waals surface area (Å²) < 4.78 is 0. The highest BCUT2D eigenvalue weighted by atomic mass is 15.2. The van der Waals surface area contributed by atoms with Crippen LogP contribution in [0.5, 0.6) is 0 Å². The van der Waals surface area contributed by atoms with Crippen molar-refractivity contribution in [3.8, 4) is 55.6 Å². The predicted octanol–water partition coefficient (Wildman–Crippen LogP) is 37.2. The van der Waals surface area contributed by atoms with Crippen molar-refractivity contribution >= 4 is 161 Å². The Morgan fingerprint density at radius 3 is 0.561 bits per heavy atom. The Morgan fingerprint density at radius 1 is 0.108 bits per heavy atom. The van der Waals surface area contributed by atoms with Gasteiger partial charge in [0.25, 0.3) is 0 Å². The standard InChI is InChI=1S/2C45H34N2.C43H32N2/c1-46(41-19-9-18-38(32-41)33-12-3-2-4-13-33)39-28-24-34(25-29-39)35-26-30-40(31-27-35)47(44-22-10-16-36-14-5-7-20-42(36)44)45-23-11-17-37-15-6-8-21-43(37)45;1-46(39-27-21-34(22-28-39)33-11-3-2-4-12-33)40-29-23-35(24-30-40)36-25-31-41(32-26-36)47(44-19-9-15-37-13-5-7-17-42(37)44)45-20-10-16-38-14-6-8-18-43(38)45;1-44(39-29-24-31-10-2-3-13-36(31)30-39)37-25-20-32(21-26-37)33-22-27-38(28-23-33)45(42-18-8-14-34-11-4-6-16-40(34)42)43-19-9-15-35-12-5-7-17-41(35)43/h2*2-32H,1H3;2-30H,1H3. The molecule has 24 aromatic rings. The fourth-order valence-electron chi connectivity index (χ4n) is 19.6. The lowest BCUT2D eigenvalue weighted by Crippen LogP contribution is -2.11. The lowest BCUT2D eigenvalue weighted by Gasteiger charge is -2.28. The Bertz CT molecular complexity index is 8190. The summed E-state index contributed by atoms with van der Waals surface area (Å²) in [6.07, 6.45) is 0. The minimum atomic E-state index is 1.12. The predicted molar refractivity (Wildman–Crippen MR) is 597 cm³/mol. The van der Waals surface area contributed by atoms with Gasteiger partial charge in [0.1, 0.15) is 0 Å². The molecule has 139 heavy (non-hydrogen) atoms. The molecule has 0 saturated heterocycles. The maximum Gasteiger partial charge on any atom is 0.0540 e. The van der Waals surface area contributed by atoms with Crippen LogP contribution < -0.4 is 29.4 Å². The summed E-state index contributed by atoms with van der Waals surface area (Å²) in [7, 11) is 6.38. The minimum Gasteiger partial charge on any atom is -0.345 e. The topological polar surface area (TPSA) is 19.4 Å². The molecule has 24 rings (SSSR count). The summed E-state index contributed by atoms with van der Waals surface area (Å²) in [6, 6.07) is 198. The van der Waals surface area contributed by atoms with Crippen LogP contribution in [-0.4, -0.2) is 21.1 Å². The highest BCUT2D eigenvalue weighted by molar-refractivity contribution is 6.09. The first-order valence-electron chi connectivity index (χ1n) is 47.6. The van der Waals surface area contributed by atoms with Crippen LogP contribution in [0.4, 0.5) is 85.3 Å². The highest BCUT2D eigenvalue weighted by Crippen LogP contribution is 2.48. The minimum absolute atomic E-state index is 1.12. The second-order valence-corrected chi connectivity index (χ2v) is 35.3. The molecule has 0 aliphatic heterocycles.